The number of rotatable bonds is 1. The number of nitrogens with two attached hydrogens (primary N) is 1. The molecule has 88 valence electrons. The minimum Gasteiger partial charge on any atom is -0.328 e. The largest absolute Gasteiger partial charge is 0.328 e. The van der Waals surface area contributed by atoms with Gasteiger partial charge >= 0.3 is 0 Å². The zero-order chi connectivity index (χ0) is 11.1. The Labute approximate surface area is 94.8 Å². The van der Waals surface area contributed by atoms with E-state index >= 15 is 0 Å². The van der Waals surface area contributed by atoms with E-state index in [1.165, 1.54) is 38.5 Å². The highest BCUT2D eigenvalue weighted by Crippen LogP contribution is 2.50. The van der Waals surface area contributed by atoms with E-state index in [1.54, 1.807) is 0 Å². The minimum absolute atomic E-state index is 0.490. The van der Waals surface area contributed by atoms with Crippen molar-refractivity contribution in [3.8, 4) is 0 Å². The van der Waals surface area contributed by atoms with Crippen LogP contribution in [0.15, 0.2) is 0 Å². The smallest absolute Gasteiger partial charge is 0.00443 e. The Bertz CT molecular complexity index is 225. The van der Waals surface area contributed by atoms with Crippen LogP contribution in [0.3, 0.4) is 0 Å². The molecule has 0 radical (unpaired) electrons. The second-order valence-corrected chi connectivity index (χ2v) is 6.62. The molecule has 0 spiro atoms. The van der Waals surface area contributed by atoms with Crippen LogP contribution in [-0.2, 0) is 0 Å². The first kappa shape index (κ1) is 11.4. The van der Waals surface area contributed by atoms with Crippen LogP contribution in [0.2, 0.25) is 0 Å². The van der Waals surface area contributed by atoms with E-state index in [0.717, 1.165) is 17.8 Å². The molecule has 0 aliphatic heterocycles. The third-order valence-electron chi connectivity index (χ3n) is 5.40. The maximum absolute atomic E-state index is 6.08. The van der Waals surface area contributed by atoms with Crippen molar-refractivity contribution in [1.82, 2.24) is 0 Å². The summed E-state index contributed by atoms with van der Waals surface area (Å²) < 4.78 is 0. The summed E-state index contributed by atoms with van der Waals surface area (Å²) in [4.78, 5) is 0. The molecular formula is C14H27N. The lowest BCUT2D eigenvalue weighted by Crippen LogP contribution is -2.33. The first-order chi connectivity index (χ1) is 7.01. The highest BCUT2D eigenvalue weighted by atomic mass is 14.7. The van der Waals surface area contributed by atoms with Crippen molar-refractivity contribution in [2.75, 3.05) is 0 Å². The molecule has 1 heteroatoms. The van der Waals surface area contributed by atoms with Crippen molar-refractivity contribution in [1.29, 1.82) is 0 Å². The standard InChI is InChI=1S/C14H27N/c1-10-4-5-12(8-11(10)2)14(3)7-6-13(15)9-14/h10-13H,4-9,15H2,1-3H3. The topological polar surface area (TPSA) is 26.0 Å². The minimum atomic E-state index is 0.490. The van der Waals surface area contributed by atoms with E-state index in [1.807, 2.05) is 0 Å². The molecule has 5 atom stereocenters. The molecule has 2 fully saturated rings. The lowest BCUT2D eigenvalue weighted by Gasteiger charge is -2.41. The zero-order valence-electron chi connectivity index (χ0n) is 10.6. The van der Waals surface area contributed by atoms with Crippen molar-refractivity contribution in [2.24, 2.45) is 28.9 Å². The molecule has 0 amide bonds. The van der Waals surface area contributed by atoms with E-state index in [4.69, 9.17) is 5.73 Å². The summed E-state index contributed by atoms with van der Waals surface area (Å²) >= 11 is 0. The molecule has 0 bridgehead atoms. The second kappa shape index (κ2) is 4.08. The van der Waals surface area contributed by atoms with Gasteiger partial charge in [-0.1, -0.05) is 27.2 Å². The quantitative estimate of drug-likeness (QED) is 0.702. The Morgan fingerprint density at radius 3 is 2.33 bits per heavy atom. The lowest BCUT2D eigenvalue weighted by molar-refractivity contribution is 0.0900. The van der Waals surface area contributed by atoms with Gasteiger partial charge in [-0.05, 0) is 55.3 Å². The van der Waals surface area contributed by atoms with Gasteiger partial charge in [-0.3, -0.25) is 0 Å². The summed E-state index contributed by atoms with van der Waals surface area (Å²) in [7, 11) is 0. The summed E-state index contributed by atoms with van der Waals surface area (Å²) in [5, 5.41) is 0. The molecule has 0 saturated heterocycles. The molecular weight excluding hydrogens is 182 g/mol. The van der Waals surface area contributed by atoms with Crippen molar-refractivity contribution >= 4 is 0 Å². The molecule has 15 heavy (non-hydrogen) atoms. The molecule has 2 saturated carbocycles. The SMILES string of the molecule is CC1CCC(C2(C)CCC(N)C2)CC1C. The van der Waals surface area contributed by atoms with E-state index in [9.17, 15) is 0 Å². The van der Waals surface area contributed by atoms with Gasteiger partial charge in [0.2, 0.25) is 0 Å². The van der Waals surface area contributed by atoms with Gasteiger partial charge in [0, 0.05) is 6.04 Å². The second-order valence-electron chi connectivity index (χ2n) is 6.62. The third kappa shape index (κ3) is 2.22. The fraction of sp³-hybridized carbons (Fsp3) is 1.00. The van der Waals surface area contributed by atoms with Crippen molar-refractivity contribution < 1.29 is 0 Å². The fourth-order valence-electron chi connectivity index (χ4n) is 3.87. The summed E-state index contributed by atoms with van der Waals surface area (Å²) in [5.74, 6) is 2.83. The van der Waals surface area contributed by atoms with E-state index in [-0.39, 0.29) is 0 Å². The molecule has 0 aromatic heterocycles. The molecule has 1 nitrogen and oxygen atoms in total. The van der Waals surface area contributed by atoms with Crippen molar-refractivity contribution in [2.45, 2.75) is 65.3 Å². The molecule has 0 aromatic carbocycles. The summed E-state index contributed by atoms with van der Waals surface area (Å²) in [6.45, 7) is 7.35. The lowest BCUT2D eigenvalue weighted by atomic mass is 9.64. The maximum atomic E-state index is 6.08. The maximum Gasteiger partial charge on any atom is 0.00443 e. The average Bonchev–Trinajstić information content (AvgIpc) is 2.52. The van der Waals surface area contributed by atoms with Crippen LogP contribution in [-0.4, -0.2) is 6.04 Å². The van der Waals surface area contributed by atoms with Crippen LogP contribution in [0.1, 0.15) is 59.3 Å². The van der Waals surface area contributed by atoms with E-state index in [2.05, 4.69) is 20.8 Å². The van der Waals surface area contributed by atoms with Gasteiger partial charge in [0.25, 0.3) is 0 Å². The molecule has 2 aliphatic rings. The van der Waals surface area contributed by atoms with Crippen LogP contribution in [0, 0.1) is 23.2 Å². The Kier molecular flexibility index (Phi) is 3.12. The van der Waals surface area contributed by atoms with Crippen molar-refractivity contribution in [3.63, 3.8) is 0 Å². The Balaban J connectivity index is 1.99. The summed E-state index contributed by atoms with van der Waals surface area (Å²) in [5.41, 5.74) is 6.66. The molecule has 2 rings (SSSR count). The highest BCUT2D eigenvalue weighted by Gasteiger charge is 2.42. The fourth-order valence-corrected chi connectivity index (χ4v) is 3.87. The van der Waals surface area contributed by atoms with Crippen LogP contribution < -0.4 is 5.73 Å². The Morgan fingerprint density at radius 2 is 1.80 bits per heavy atom. The van der Waals surface area contributed by atoms with Gasteiger partial charge in [-0.25, -0.2) is 0 Å². The third-order valence-corrected chi connectivity index (χ3v) is 5.40. The number of hydrogen-bond acceptors (Lipinski definition) is 1. The predicted octanol–water partition coefficient (Wildman–Crippen LogP) is 3.58. The summed E-state index contributed by atoms with van der Waals surface area (Å²) in [6.07, 6.45) is 8.26. The van der Waals surface area contributed by atoms with Crippen LogP contribution in [0.4, 0.5) is 0 Å². The van der Waals surface area contributed by atoms with Gasteiger partial charge in [-0.2, -0.15) is 0 Å². The van der Waals surface area contributed by atoms with Crippen LogP contribution >= 0.6 is 0 Å². The average molecular weight is 209 g/mol. The highest BCUT2D eigenvalue weighted by molar-refractivity contribution is 4.94. The molecule has 2 aliphatic carbocycles. The summed E-state index contributed by atoms with van der Waals surface area (Å²) in [6, 6.07) is 0.490. The van der Waals surface area contributed by atoms with Crippen molar-refractivity contribution in [3.05, 3.63) is 0 Å². The van der Waals surface area contributed by atoms with Gasteiger partial charge in [0.15, 0.2) is 0 Å². The molecule has 2 N–H and O–H groups in total. The molecule has 0 aromatic rings. The van der Waals surface area contributed by atoms with Crippen LogP contribution in [0.25, 0.3) is 0 Å². The van der Waals surface area contributed by atoms with Gasteiger partial charge in [0.05, 0.1) is 0 Å². The molecule has 0 heterocycles. The zero-order valence-corrected chi connectivity index (χ0v) is 10.6. The Morgan fingerprint density at radius 1 is 1.07 bits per heavy atom. The molecule has 5 unspecified atom stereocenters. The first-order valence-corrected chi connectivity index (χ1v) is 6.77. The van der Waals surface area contributed by atoms with E-state index in [0.29, 0.717) is 11.5 Å². The van der Waals surface area contributed by atoms with Crippen LogP contribution in [0.5, 0.6) is 0 Å². The Hall–Kier alpha value is -0.0400. The van der Waals surface area contributed by atoms with Gasteiger partial charge in [-0.15, -0.1) is 0 Å². The number of hydrogen-bond donors (Lipinski definition) is 1. The first-order valence-electron chi connectivity index (χ1n) is 6.77. The monoisotopic (exact) mass is 209 g/mol. The van der Waals surface area contributed by atoms with Gasteiger partial charge < -0.3 is 5.73 Å². The van der Waals surface area contributed by atoms with Gasteiger partial charge in [0.1, 0.15) is 0 Å². The predicted molar refractivity (Wildman–Crippen MR) is 65.6 cm³/mol. The van der Waals surface area contributed by atoms with E-state index < -0.39 is 0 Å². The normalized spacial score (nSPS) is 52.0.